The third kappa shape index (κ3) is 4.73. The Morgan fingerprint density at radius 3 is 2.81 bits per heavy atom. The van der Waals surface area contributed by atoms with Crippen LogP contribution in [0, 0.1) is 0 Å². The van der Waals surface area contributed by atoms with Crippen molar-refractivity contribution in [3.8, 4) is 0 Å². The molecule has 0 aromatic heterocycles. The summed E-state index contributed by atoms with van der Waals surface area (Å²) in [5, 5.41) is 12.9. The summed E-state index contributed by atoms with van der Waals surface area (Å²) in [6, 6.07) is 0. The van der Waals surface area contributed by atoms with E-state index in [0.717, 1.165) is 0 Å². The highest BCUT2D eigenvalue weighted by Crippen LogP contribution is 2.12. The lowest BCUT2D eigenvalue weighted by atomic mass is 10.1. The van der Waals surface area contributed by atoms with E-state index in [1.165, 1.54) is 7.11 Å². The molecule has 0 amide bonds. The smallest absolute Gasteiger partial charge is 0.277 e. The summed E-state index contributed by atoms with van der Waals surface area (Å²) >= 11 is 0. The van der Waals surface area contributed by atoms with Gasteiger partial charge >= 0.3 is 0 Å². The number of aliphatic hydroxyl groups is 1. The Kier molecular flexibility index (Phi) is 5.09. The maximum atomic E-state index is 11.4. The Bertz CT molecular complexity index is 300. The molecule has 0 aliphatic carbocycles. The second-order valence-electron chi connectivity index (χ2n) is 3.86. The molecule has 1 aliphatic heterocycles. The highest BCUT2D eigenvalue weighted by molar-refractivity contribution is 7.87. The summed E-state index contributed by atoms with van der Waals surface area (Å²) in [6.07, 6.45) is 0.549. The molecular weight excluding hydrogens is 234 g/mol. The van der Waals surface area contributed by atoms with Crippen LogP contribution in [0.3, 0.4) is 0 Å². The number of nitrogens with one attached hydrogen (secondary N) is 3. The van der Waals surface area contributed by atoms with E-state index in [2.05, 4.69) is 14.8 Å². The number of β-amino-alcohol motifs (C(OH)–C–C–N with tert-alkyl or cyclic N) is 1. The van der Waals surface area contributed by atoms with Crippen LogP contribution in [-0.2, 0) is 14.9 Å². The Morgan fingerprint density at radius 1 is 1.50 bits per heavy atom. The van der Waals surface area contributed by atoms with Crippen LogP contribution in [0.5, 0.6) is 0 Å². The van der Waals surface area contributed by atoms with Gasteiger partial charge < -0.3 is 15.2 Å². The fourth-order valence-electron chi connectivity index (χ4n) is 1.44. The van der Waals surface area contributed by atoms with Crippen LogP contribution in [0.4, 0.5) is 0 Å². The van der Waals surface area contributed by atoms with E-state index in [-0.39, 0.29) is 13.1 Å². The molecule has 4 N–H and O–H groups in total. The van der Waals surface area contributed by atoms with Gasteiger partial charge in [0.05, 0.1) is 12.2 Å². The van der Waals surface area contributed by atoms with Gasteiger partial charge in [-0.05, 0) is 13.0 Å². The van der Waals surface area contributed by atoms with E-state index in [4.69, 9.17) is 4.74 Å². The van der Waals surface area contributed by atoms with E-state index in [0.29, 0.717) is 26.1 Å². The largest absolute Gasteiger partial charge is 0.387 e. The van der Waals surface area contributed by atoms with Crippen molar-refractivity contribution in [1.29, 1.82) is 0 Å². The standard InChI is InChI=1S/C8H19N3O4S/c1-15-5-4-10-16(13,14)11-7-8(12)2-3-9-6-8/h9-12H,2-7H2,1H3. The van der Waals surface area contributed by atoms with Gasteiger partial charge in [-0.15, -0.1) is 0 Å². The molecule has 0 aromatic rings. The minimum atomic E-state index is -3.55. The molecular formula is C8H19N3O4S. The summed E-state index contributed by atoms with van der Waals surface area (Å²) in [5.74, 6) is 0. The first-order chi connectivity index (χ1) is 7.47. The van der Waals surface area contributed by atoms with Gasteiger partial charge in [0.2, 0.25) is 0 Å². The van der Waals surface area contributed by atoms with Crippen LogP contribution in [0.2, 0.25) is 0 Å². The number of methoxy groups -OCH3 is 1. The highest BCUT2D eigenvalue weighted by atomic mass is 32.2. The molecule has 1 atom stereocenters. The van der Waals surface area contributed by atoms with Crippen LogP contribution in [0.15, 0.2) is 0 Å². The quantitative estimate of drug-likeness (QED) is 0.385. The zero-order valence-corrected chi connectivity index (χ0v) is 10.1. The molecule has 1 fully saturated rings. The fourth-order valence-corrected chi connectivity index (χ4v) is 2.35. The van der Waals surface area contributed by atoms with Gasteiger partial charge in [-0.2, -0.15) is 17.9 Å². The zero-order valence-electron chi connectivity index (χ0n) is 9.32. The molecule has 16 heavy (non-hydrogen) atoms. The molecule has 0 aromatic carbocycles. The fraction of sp³-hybridized carbons (Fsp3) is 1.00. The normalized spacial score (nSPS) is 26.1. The molecule has 1 heterocycles. The molecule has 1 rings (SSSR count). The van der Waals surface area contributed by atoms with Gasteiger partial charge in [0.1, 0.15) is 0 Å². The topological polar surface area (TPSA) is 99.7 Å². The Labute approximate surface area is 95.7 Å². The van der Waals surface area contributed by atoms with E-state index in [1.54, 1.807) is 0 Å². The highest BCUT2D eigenvalue weighted by Gasteiger charge is 2.32. The minimum Gasteiger partial charge on any atom is -0.387 e. The van der Waals surface area contributed by atoms with E-state index in [9.17, 15) is 13.5 Å². The van der Waals surface area contributed by atoms with Crippen molar-refractivity contribution in [3.05, 3.63) is 0 Å². The van der Waals surface area contributed by atoms with Gasteiger partial charge in [0.25, 0.3) is 10.2 Å². The van der Waals surface area contributed by atoms with Crippen molar-refractivity contribution >= 4 is 10.2 Å². The minimum absolute atomic E-state index is 0.0162. The second kappa shape index (κ2) is 5.89. The summed E-state index contributed by atoms with van der Waals surface area (Å²) in [7, 11) is -2.05. The summed E-state index contributed by atoms with van der Waals surface area (Å²) in [6.45, 7) is 1.65. The van der Waals surface area contributed by atoms with Crippen LogP contribution < -0.4 is 14.8 Å². The molecule has 0 radical (unpaired) electrons. The number of rotatable bonds is 7. The lowest BCUT2D eigenvalue weighted by Crippen LogP contribution is -2.48. The molecule has 0 saturated carbocycles. The average molecular weight is 253 g/mol. The van der Waals surface area contributed by atoms with Gasteiger partial charge in [-0.1, -0.05) is 0 Å². The molecule has 1 unspecified atom stereocenters. The summed E-state index contributed by atoms with van der Waals surface area (Å²) in [4.78, 5) is 0. The van der Waals surface area contributed by atoms with Crippen molar-refractivity contribution in [2.75, 3.05) is 39.9 Å². The average Bonchev–Trinajstić information content (AvgIpc) is 2.64. The van der Waals surface area contributed by atoms with Gasteiger partial charge in [-0.25, -0.2) is 0 Å². The van der Waals surface area contributed by atoms with Crippen LogP contribution in [0.25, 0.3) is 0 Å². The lowest BCUT2D eigenvalue weighted by Gasteiger charge is -2.21. The zero-order chi connectivity index (χ0) is 12.1. The SMILES string of the molecule is COCCNS(=O)(=O)NCC1(O)CCNC1. The van der Waals surface area contributed by atoms with Crippen molar-refractivity contribution in [2.45, 2.75) is 12.0 Å². The number of ether oxygens (including phenoxy) is 1. The first kappa shape index (κ1) is 13.8. The van der Waals surface area contributed by atoms with Crippen molar-refractivity contribution in [2.24, 2.45) is 0 Å². The maximum Gasteiger partial charge on any atom is 0.277 e. The molecule has 1 aliphatic rings. The van der Waals surface area contributed by atoms with Crippen molar-refractivity contribution < 1.29 is 18.3 Å². The molecule has 7 nitrogen and oxygen atoms in total. The molecule has 0 bridgehead atoms. The Hall–Kier alpha value is -0.250. The second-order valence-corrected chi connectivity index (χ2v) is 5.45. The first-order valence-electron chi connectivity index (χ1n) is 5.14. The summed E-state index contributed by atoms with van der Waals surface area (Å²) in [5.41, 5.74) is -0.976. The third-order valence-electron chi connectivity index (χ3n) is 2.41. The number of hydrogen-bond acceptors (Lipinski definition) is 5. The van der Waals surface area contributed by atoms with E-state index in [1.807, 2.05) is 0 Å². The van der Waals surface area contributed by atoms with E-state index >= 15 is 0 Å². The summed E-state index contributed by atoms with van der Waals surface area (Å²) < 4.78 is 32.1. The monoisotopic (exact) mass is 253 g/mol. The van der Waals surface area contributed by atoms with Crippen LogP contribution in [0.1, 0.15) is 6.42 Å². The van der Waals surface area contributed by atoms with Gasteiger partial charge in [-0.3, -0.25) is 0 Å². The Morgan fingerprint density at radius 2 is 2.25 bits per heavy atom. The van der Waals surface area contributed by atoms with Gasteiger partial charge in [0.15, 0.2) is 0 Å². The van der Waals surface area contributed by atoms with E-state index < -0.39 is 15.8 Å². The van der Waals surface area contributed by atoms with Crippen molar-refractivity contribution in [3.63, 3.8) is 0 Å². The predicted octanol–water partition coefficient (Wildman–Crippen LogP) is -2.22. The maximum absolute atomic E-state index is 11.4. The first-order valence-corrected chi connectivity index (χ1v) is 6.62. The molecule has 1 saturated heterocycles. The Balaban J connectivity index is 2.30. The molecule has 8 heteroatoms. The lowest BCUT2D eigenvalue weighted by molar-refractivity contribution is 0.0666. The van der Waals surface area contributed by atoms with Crippen LogP contribution in [-0.4, -0.2) is 59.0 Å². The third-order valence-corrected chi connectivity index (χ3v) is 3.52. The number of hydrogen-bond donors (Lipinski definition) is 4. The van der Waals surface area contributed by atoms with Gasteiger partial charge in [0, 0.05) is 26.7 Å². The molecule has 96 valence electrons. The van der Waals surface area contributed by atoms with Crippen LogP contribution >= 0.6 is 0 Å². The molecule has 0 spiro atoms. The van der Waals surface area contributed by atoms with Crippen molar-refractivity contribution in [1.82, 2.24) is 14.8 Å². The predicted molar refractivity (Wildman–Crippen MR) is 59.2 cm³/mol.